The van der Waals surface area contributed by atoms with E-state index in [2.05, 4.69) is 43.6 Å². The van der Waals surface area contributed by atoms with Gasteiger partial charge in [0.1, 0.15) is 5.60 Å². The summed E-state index contributed by atoms with van der Waals surface area (Å²) >= 11 is 1.59. The highest BCUT2D eigenvalue weighted by atomic mass is 32.1. The van der Waals surface area contributed by atoms with Crippen LogP contribution in [-0.4, -0.2) is 15.9 Å². The molecule has 5 heteroatoms. The zero-order valence-electron chi connectivity index (χ0n) is 20.6. The third-order valence-corrected chi connectivity index (χ3v) is 11.2. The molecule has 0 unspecified atom stereocenters. The van der Waals surface area contributed by atoms with Gasteiger partial charge in [0.15, 0.2) is 10.9 Å². The highest BCUT2D eigenvalue weighted by Gasteiger charge is 2.65. The Balaban J connectivity index is 1.28. The van der Waals surface area contributed by atoms with Crippen molar-refractivity contribution in [2.75, 3.05) is 5.32 Å². The van der Waals surface area contributed by atoms with Gasteiger partial charge in [-0.1, -0.05) is 37.6 Å². The normalized spacial score (nSPS) is 39.1. The van der Waals surface area contributed by atoms with Crippen molar-refractivity contribution in [1.29, 1.82) is 0 Å². The number of carbonyl (C=O) groups is 1. The van der Waals surface area contributed by atoms with E-state index in [-0.39, 0.29) is 10.8 Å². The van der Waals surface area contributed by atoms with Gasteiger partial charge in [-0.15, -0.1) is 11.3 Å². The zero-order valence-corrected chi connectivity index (χ0v) is 21.4. The molecule has 0 radical (unpaired) electrons. The number of benzene rings is 1. The summed E-state index contributed by atoms with van der Waals surface area (Å²) in [6, 6.07) is 8.25. The Hall–Kier alpha value is -1.98. The van der Waals surface area contributed by atoms with Crippen LogP contribution in [0.3, 0.4) is 0 Å². The largest absolute Gasteiger partial charge is 0.383 e. The maximum absolute atomic E-state index is 12.2. The number of aryl methyl sites for hydroxylation is 1. The Morgan fingerprint density at radius 2 is 1.85 bits per heavy atom. The van der Waals surface area contributed by atoms with Gasteiger partial charge in [0.05, 0.1) is 5.69 Å². The van der Waals surface area contributed by atoms with E-state index in [1.165, 1.54) is 11.1 Å². The summed E-state index contributed by atoms with van der Waals surface area (Å²) in [5.41, 5.74) is 3.67. The molecule has 1 aromatic carbocycles. The van der Waals surface area contributed by atoms with E-state index in [0.717, 1.165) is 61.5 Å². The molecule has 1 heterocycles. The third kappa shape index (κ3) is 3.12. The molecule has 2 N–H and O–H groups in total. The number of ketones is 1. The Bertz CT molecular complexity index is 1170. The van der Waals surface area contributed by atoms with Crippen molar-refractivity contribution in [2.45, 2.75) is 77.7 Å². The van der Waals surface area contributed by atoms with Crippen LogP contribution in [-0.2, 0) is 10.4 Å². The number of para-hydroxylation sites is 1. The standard InChI is InChI=1S/C29H36N2O2S/c1-18-6-4-5-7-24(18)30-26-31-25(17-34-26)29(33)15-12-23-21-9-8-19-16-20(32)10-13-27(19,2)22(21)11-14-28(23,29)3/h4-7,16-17,21-23,33H,8-15H2,1-3H3,(H,30,31)/t21-,22+,23+,27+,28+,29+/m1/s1. The van der Waals surface area contributed by atoms with Crippen LogP contribution in [0.4, 0.5) is 10.8 Å². The Labute approximate surface area is 206 Å². The SMILES string of the molecule is Cc1ccccc1Nc1nc([C@@]2(O)CC[C@H]3[C@@H]4CCC5=CC(=O)CC[C@]5(C)[C@H]4CC[C@@]32C)cs1. The fraction of sp³-hybridized carbons (Fsp3) is 0.586. The van der Waals surface area contributed by atoms with Crippen LogP contribution in [0.2, 0.25) is 0 Å². The van der Waals surface area contributed by atoms with Gasteiger partial charge in [0, 0.05) is 22.9 Å². The highest BCUT2D eigenvalue weighted by molar-refractivity contribution is 7.13. The number of hydrogen-bond acceptors (Lipinski definition) is 5. The Morgan fingerprint density at radius 1 is 1.06 bits per heavy atom. The number of rotatable bonds is 3. The summed E-state index contributed by atoms with van der Waals surface area (Å²) in [7, 11) is 0. The Kier molecular flexibility index (Phi) is 5.13. The molecule has 180 valence electrons. The molecule has 1 aromatic heterocycles. The molecule has 3 fully saturated rings. The first-order chi connectivity index (χ1) is 16.2. The lowest BCUT2D eigenvalue weighted by molar-refractivity contribution is -0.135. The quantitative estimate of drug-likeness (QED) is 0.505. The minimum absolute atomic E-state index is 0.149. The number of nitrogens with zero attached hydrogens (tertiary/aromatic N) is 1. The molecule has 6 rings (SSSR count). The fourth-order valence-electron chi connectivity index (χ4n) is 8.35. The van der Waals surface area contributed by atoms with Gasteiger partial charge in [0.25, 0.3) is 0 Å². The summed E-state index contributed by atoms with van der Waals surface area (Å²) in [4.78, 5) is 17.1. The van der Waals surface area contributed by atoms with Crippen LogP contribution >= 0.6 is 11.3 Å². The molecule has 2 aromatic rings. The van der Waals surface area contributed by atoms with Gasteiger partial charge in [-0.05, 0) is 92.7 Å². The summed E-state index contributed by atoms with van der Waals surface area (Å²) < 4.78 is 0. The van der Waals surface area contributed by atoms with Gasteiger partial charge < -0.3 is 10.4 Å². The number of allylic oxidation sites excluding steroid dienone is 1. The van der Waals surface area contributed by atoms with E-state index in [1.807, 2.05) is 18.2 Å². The fourth-order valence-corrected chi connectivity index (χ4v) is 9.14. The number of anilines is 2. The van der Waals surface area contributed by atoms with Crippen molar-refractivity contribution >= 4 is 27.9 Å². The van der Waals surface area contributed by atoms with Crippen LogP contribution < -0.4 is 5.32 Å². The second-order valence-electron chi connectivity index (χ2n) is 11.8. The second-order valence-corrected chi connectivity index (χ2v) is 12.7. The first-order valence-corrected chi connectivity index (χ1v) is 13.9. The third-order valence-electron chi connectivity index (χ3n) is 10.4. The number of fused-ring (bicyclic) bond motifs is 5. The van der Waals surface area contributed by atoms with Gasteiger partial charge in [-0.2, -0.15) is 0 Å². The lowest BCUT2D eigenvalue weighted by atomic mass is 9.46. The molecule has 0 saturated heterocycles. The number of carbonyl (C=O) groups excluding carboxylic acids is 1. The van der Waals surface area contributed by atoms with E-state index < -0.39 is 5.60 Å². The molecule has 0 aliphatic heterocycles. The van der Waals surface area contributed by atoms with Crippen molar-refractivity contribution in [3.05, 3.63) is 52.6 Å². The van der Waals surface area contributed by atoms with Gasteiger partial charge in [0.2, 0.25) is 0 Å². The maximum Gasteiger partial charge on any atom is 0.187 e. The number of thiazole rings is 1. The van der Waals surface area contributed by atoms with Crippen molar-refractivity contribution in [1.82, 2.24) is 4.98 Å². The van der Waals surface area contributed by atoms with Crippen LogP contribution in [0, 0.1) is 35.5 Å². The lowest BCUT2D eigenvalue weighted by Gasteiger charge is -2.59. The topological polar surface area (TPSA) is 62.2 Å². The lowest BCUT2D eigenvalue weighted by Crippen LogP contribution is -2.53. The van der Waals surface area contributed by atoms with E-state index in [1.54, 1.807) is 11.3 Å². The zero-order chi connectivity index (χ0) is 23.7. The van der Waals surface area contributed by atoms with Crippen LogP contribution in [0.25, 0.3) is 0 Å². The van der Waals surface area contributed by atoms with E-state index >= 15 is 0 Å². The molecule has 0 spiro atoms. The van der Waals surface area contributed by atoms with Gasteiger partial charge in [-0.3, -0.25) is 4.79 Å². The molecule has 0 bridgehead atoms. The van der Waals surface area contributed by atoms with Gasteiger partial charge in [-0.25, -0.2) is 4.98 Å². The number of nitrogens with one attached hydrogen (secondary N) is 1. The van der Waals surface area contributed by atoms with Crippen LogP contribution in [0.15, 0.2) is 41.3 Å². The molecule has 4 aliphatic rings. The molecule has 4 nitrogen and oxygen atoms in total. The number of hydrogen-bond donors (Lipinski definition) is 2. The summed E-state index contributed by atoms with van der Waals surface area (Å²) in [5.74, 6) is 2.10. The first kappa shape index (κ1) is 22.5. The molecular weight excluding hydrogens is 440 g/mol. The molecule has 3 saturated carbocycles. The minimum Gasteiger partial charge on any atom is -0.383 e. The predicted octanol–water partition coefficient (Wildman–Crippen LogP) is 6.91. The smallest absolute Gasteiger partial charge is 0.187 e. The molecule has 6 atom stereocenters. The molecule has 0 amide bonds. The number of aromatic nitrogens is 1. The summed E-state index contributed by atoms with van der Waals surface area (Å²) in [5, 5.41) is 18.6. The summed E-state index contributed by atoms with van der Waals surface area (Å²) in [6.07, 6.45) is 9.93. The number of aliphatic hydroxyl groups is 1. The predicted molar refractivity (Wildman–Crippen MR) is 137 cm³/mol. The van der Waals surface area contributed by atoms with Crippen molar-refractivity contribution in [2.24, 2.45) is 28.6 Å². The molecule has 34 heavy (non-hydrogen) atoms. The average Bonchev–Trinajstić information content (AvgIpc) is 3.39. The van der Waals surface area contributed by atoms with Crippen LogP contribution in [0.1, 0.15) is 76.5 Å². The average molecular weight is 477 g/mol. The molecule has 4 aliphatic carbocycles. The second kappa shape index (κ2) is 7.76. The van der Waals surface area contributed by atoms with E-state index in [0.29, 0.717) is 30.0 Å². The molecular formula is C29H36N2O2S. The van der Waals surface area contributed by atoms with Crippen molar-refractivity contribution in [3.8, 4) is 0 Å². The highest BCUT2D eigenvalue weighted by Crippen LogP contribution is 2.69. The Morgan fingerprint density at radius 3 is 2.68 bits per heavy atom. The van der Waals surface area contributed by atoms with E-state index in [9.17, 15) is 9.90 Å². The van der Waals surface area contributed by atoms with E-state index in [4.69, 9.17) is 4.98 Å². The first-order valence-electron chi connectivity index (χ1n) is 13.0. The van der Waals surface area contributed by atoms with Crippen molar-refractivity contribution in [3.63, 3.8) is 0 Å². The van der Waals surface area contributed by atoms with Crippen LogP contribution in [0.5, 0.6) is 0 Å². The minimum atomic E-state index is -0.871. The van der Waals surface area contributed by atoms with Crippen molar-refractivity contribution < 1.29 is 9.90 Å². The maximum atomic E-state index is 12.2. The van der Waals surface area contributed by atoms with Gasteiger partial charge >= 0.3 is 0 Å². The summed E-state index contributed by atoms with van der Waals surface area (Å²) in [6.45, 7) is 6.86. The monoisotopic (exact) mass is 476 g/mol.